The van der Waals surface area contributed by atoms with Crippen molar-refractivity contribution in [1.82, 2.24) is 0 Å². The van der Waals surface area contributed by atoms with Crippen LogP contribution in [0.15, 0.2) is 51.8 Å². The van der Waals surface area contributed by atoms with Crippen LogP contribution in [0.25, 0.3) is 0 Å². The summed E-state index contributed by atoms with van der Waals surface area (Å²) in [7, 11) is -1.19. The summed E-state index contributed by atoms with van der Waals surface area (Å²) in [5.41, 5.74) is 7.24. The summed E-state index contributed by atoms with van der Waals surface area (Å²) in [6.45, 7) is 0. The maximum absolute atomic E-state index is 12.3. The number of hydrogen-bond donors (Lipinski definition) is 1. The highest BCUT2D eigenvalue weighted by atomic mass is 79.9. The van der Waals surface area contributed by atoms with Crippen LogP contribution in [0.4, 0.5) is 5.69 Å². The Bertz CT molecular complexity index is 603. The molecule has 5 heteroatoms. The molecule has 0 radical (unpaired) electrons. The number of nitrogen functional groups attached to an aromatic ring is 1. The third-order valence-corrected chi connectivity index (χ3v) is 4.76. The predicted octanol–water partition coefficient (Wildman–Crippen LogP) is 3.99. The first kappa shape index (κ1) is 13.6. The predicted molar refractivity (Wildman–Crippen MR) is 80.1 cm³/mol. The molecule has 0 aromatic heterocycles. The lowest BCUT2D eigenvalue weighted by Gasteiger charge is -2.07. The standard InChI is InChI=1S/C13H11BrClNOS/c14-10-5-6-13(12(16)7-10)18(17)8-9-3-1-2-4-11(9)15/h1-7H,8,16H2. The van der Waals surface area contributed by atoms with Crippen molar-refractivity contribution in [3.05, 3.63) is 57.5 Å². The number of rotatable bonds is 3. The van der Waals surface area contributed by atoms with Crippen LogP contribution in [0, 0.1) is 0 Å². The second kappa shape index (κ2) is 5.87. The fourth-order valence-corrected chi connectivity index (χ4v) is 3.45. The summed E-state index contributed by atoms with van der Waals surface area (Å²) < 4.78 is 13.1. The van der Waals surface area contributed by atoms with Crippen molar-refractivity contribution in [3.8, 4) is 0 Å². The molecule has 94 valence electrons. The van der Waals surface area contributed by atoms with Crippen LogP contribution in [-0.4, -0.2) is 4.21 Å². The van der Waals surface area contributed by atoms with E-state index in [9.17, 15) is 4.21 Å². The van der Waals surface area contributed by atoms with E-state index < -0.39 is 10.8 Å². The Kier molecular flexibility index (Phi) is 4.43. The monoisotopic (exact) mass is 343 g/mol. The van der Waals surface area contributed by atoms with Gasteiger partial charge in [0.05, 0.1) is 21.4 Å². The van der Waals surface area contributed by atoms with Crippen LogP contribution < -0.4 is 5.73 Å². The van der Waals surface area contributed by atoms with Gasteiger partial charge in [0.15, 0.2) is 0 Å². The molecule has 2 rings (SSSR count). The normalized spacial score (nSPS) is 12.3. The highest BCUT2D eigenvalue weighted by Crippen LogP contribution is 2.25. The molecule has 0 aliphatic heterocycles. The molecule has 0 amide bonds. The summed E-state index contributed by atoms with van der Waals surface area (Å²) in [5, 5.41) is 0.626. The molecular weight excluding hydrogens is 334 g/mol. The van der Waals surface area contributed by atoms with Crippen molar-refractivity contribution < 1.29 is 4.21 Å². The van der Waals surface area contributed by atoms with Gasteiger partial charge in [0.1, 0.15) is 0 Å². The number of nitrogens with two attached hydrogens (primary N) is 1. The Morgan fingerprint density at radius 2 is 1.94 bits per heavy atom. The maximum Gasteiger partial charge on any atom is 0.0621 e. The molecule has 0 aliphatic carbocycles. The lowest BCUT2D eigenvalue weighted by molar-refractivity contribution is 0.683. The van der Waals surface area contributed by atoms with Gasteiger partial charge >= 0.3 is 0 Å². The van der Waals surface area contributed by atoms with Crippen LogP contribution in [0.1, 0.15) is 5.56 Å². The first-order valence-corrected chi connectivity index (χ1v) is 7.73. The van der Waals surface area contributed by atoms with Crippen molar-refractivity contribution in [2.45, 2.75) is 10.6 Å². The molecule has 0 saturated carbocycles. The highest BCUT2D eigenvalue weighted by molar-refractivity contribution is 9.10. The quantitative estimate of drug-likeness (QED) is 0.855. The van der Waals surface area contributed by atoms with E-state index in [1.165, 1.54) is 0 Å². The fraction of sp³-hybridized carbons (Fsp3) is 0.0769. The largest absolute Gasteiger partial charge is 0.398 e. The van der Waals surface area contributed by atoms with Gasteiger partial charge in [-0.25, -0.2) is 0 Å². The molecule has 0 bridgehead atoms. The Balaban J connectivity index is 2.25. The average Bonchev–Trinajstić information content (AvgIpc) is 2.32. The number of hydrogen-bond acceptors (Lipinski definition) is 2. The van der Waals surface area contributed by atoms with Crippen molar-refractivity contribution in [2.75, 3.05) is 5.73 Å². The van der Waals surface area contributed by atoms with E-state index in [1.807, 2.05) is 24.3 Å². The van der Waals surface area contributed by atoms with E-state index in [4.69, 9.17) is 17.3 Å². The molecular formula is C13H11BrClNOS. The van der Waals surface area contributed by atoms with Gasteiger partial charge in [-0.3, -0.25) is 4.21 Å². The minimum atomic E-state index is -1.19. The zero-order valence-electron chi connectivity index (χ0n) is 9.40. The van der Waals surface area contributed by atoms with Gasteiger partial charge in [-0.2, -0.15) is 0 Å². The topological polar surface area (TPSA) is 43.1 Å². The second-order valence-corrected chi connectivity index (χ2v) is 6.51. The van der Waals surface area contributed by atoms with Crippen LogP contribution in [-0.2, 0) is 16.6 Å². The molecule has 0 saturated heterocycles. The summed E-state index contributed by atoms with van der Waals surface area (Å²) in [5.74, 6) is 0.367. The molecule has 2 N–H and O–H groups in total. The molecule has 2 aromatic carbocycles. The molecule has 2 nitrogen and oxygen atoms in total. The highest BCUT2D eigenvalue weighted by Gasteiger charge is 2.10. The number of anilines is 1. The van der Waals surface area contributed by atoms with E-state index in [-0.39, 0.29) is 0 Å². The van der Waals surface area contributed by atoms with E-state index in [0.717, 1.165) is 10.0 Å². The Hall–Kier alpha value is -0.840. The van der Waals surface area contributed by atoms with Gasteiger partial charge < -0.3 is 5.73 Å². The summed E-state index contributed by atoms with van der Waals surface area (Å²) >= 11 is 9.37. The van der Waals surface area contributed by atoms with Gasteiger partial charge in [0.2, 0.25) is 0 Å². The third kappa shape index (κ3) is 3.13. The molecule has 0 heterocycles. The van der Waals surface area contributed by atoms with Crippen molar-refractivity contribution in [2.24, 2.45) is 0 Å². The smallest absolute Gasteiger partial charge is 0.0621 e. The molecule has 0 spiro atoms. The van der Waals surface area contributed by atoms with Gasteiger partial charge in [-0.05, 0) is 29.8 Å². The third-order valence-electron chi connectivity index (χ3n) is 2.46. The Morgan fingerprint density at radius 3 is 2.61 bits per heavy atom. The summed E-state index contributed by atoms with van der Waals surface area (Å²) in [6, 6.07) is 12.7. The summed E-state index contributed by atoms with van der Waals surface area (Å²) in [6.07, 6.45) is 0. The first-order valence-electron chi connectivity index (χ1n) is 5.25. The van der Waals surface area contributed by atoms with Gasteiger partial charge in [0, 0.05) is 15.2 Å². The Morgan fingerprint density at radius 1 is 1.22 bits per heavy atom. The lowest BCUT2D eigenvalue weighted by Crippen LogP contribution is -2.01. The van der Waals surface area contributed by atoms with Crippen molar-refractivity contribution >= 4 is 44.0 Å². The molecule has 0 aliphatic rings. The van der Waals surface area contributed by atoms with Crippen LogP contribution in [0.3, 0.4) is 0 Å². The first-order chi connectivity index (χ1) is 8.58. The van der Waals surface area contributed by atoms with E-state index in [2.05, 4.69) is 15.9 Å². The van der Waals surface area contributed by atoms with E-state index >= 15 is 0 Å². The van der Waals surface area contributed by atoms with E-state index in [1.54, 1.807) is 18.2 Å². The van der Waals surface area contributed by atoms with Crippen LogP contribution >= 0.6 is 27.5 Å². The second-order valence-electron chi connectivity index (χ2n) is 3.76. The lowest BCUT2D eigenvalue weighted by atomic mass is 10.2. The van der Waals surface area contributed by atoms with Gasteiger partial charge in [-0.15, -0.1) is 0 Å². The molecule has 1 atom stereocenters. The maximum atomic E-state index is 12.3. The van der Waals surface area contributed by atoms with Gasteiger partial charge in [-0.1, -0.05) is 45.7 Å². The van der Waals surface area contributed by atoms with Gasteiger partial charge in [0.25, 0.3) is 0 Å². The average molecular weight is 345 g/mol. The van der Waals surface area contributed by atoms with Crippen molar-refractivity contribution in [1.29, 1.82) is 0 Å². The number of halogens is 2. The zero-order valence-corrected chi connectivity index (χ0v) is 12.6. The van der Waals surface area contributed by atoms with Crippen LogP contribution in [0.2, 0.25) is 5.02 Å². The fourth-order valence-electron chi connectivity index (χ4n) is 1.56. The molecule has 1 unspecified atom stereocenters. The van der Waals surface area contributed by atoms with E-state index in [0.29, 0.717) is 21.4 Å². The summed E-state index contributed by atoms with van der Waals surface area (Å²) in [4.78, 5) is 0.637. The minimum Gasteiger partial charge on any atom is -0.398 e. The SMILES string of the molecule is Nc1cc(Br)ccc1S(=O)Cc1ccccc1Cl. The molecule has 0 fully saturated rings. The molecule has 18 heavy (non-hydrogen) atoms. The number of benzene rings is 2. The molecule has 2 aromatic rings. The zero-order chi connectivity index (χ0) is 13.1. The Labute approximate surface area is 122 Å². The minimum absolute atomic E-state index is 0.367. The van der Waals surface area contributed by atoms with Crippen LogP contribution in [0.5, 0.6) is 0 Å². The van der Waals surface area contributed by atoms with Crippen molar-refractivity contribution in [3.63, 3.8) is 0 Å².